The van der Waals surface area contributed by atoms with E-state index in [4.69, 9.17) is 0 Å². The molecule has 0 radical (unpaired) electrons. The fraction of sp³-hybridized carbons (Fsp3) is 0.588. The van der Waals surface area contributed by atoms with E-state index in [-0.39, 0.29) is 11.9 Å². The topological polar surface area (TPSA) is 83.3 Å². The Balaban J connectivity index is 1.93. The average molecular weight is 305 g/mol. The van der Waals surface area contributed by atoms with Gasteiger partial charge in [0, 0.05) is 12.6 Å². The second kappa shape index (κ2) is 7.11. The summed E-state index contributed by atoms with van der Waals surface area (Å²) in [5, 5.41) is 19.0. The van der Waals surface area contributed by atoms with Crippen molar-refractivity contribution in [2.45, 2.75) is 51.2 Å². The first-order chi connectivity index (χ1) is 10.5. The zero-order valence-corrected chi connectivity index (χ0v) is 13.7. The lowest BCUT2D eigenvalue weighted by atomic mass is 10.0. The van der Waals surface area contributed by atoms with Gasteiger partial charge in [0.15, 0.2) is 5.66 Å². The molecule has 0 aliphatic carbocycles. The third-order valence-corrected chi connectivity index (χ3v) is 4.21. The number of phenolic OH excluding ortho intramolecular Hbond substituents is 1. The van der Waals surface area contributed by atoms with E-state index in [0.717, 1.165) is 36.8 Å². The summed E-state index contributed by atoms with van der Waals surface area (Å²) in [5.74, 6) is 0.359. The second-order valence-electron chi connectivity index (χ2n) is 6.15. The first kappa shape index (κ1) is 16.8. The number of amides is 1. The van der Waals surface area contributed by atoms with Crippen LogP contribution in [0.5, 0.6) is 5.75 Å². The van der Waals surface area contributed by atoms with Crippen LogP contribution in [0.1, 0.15) is 37.8 Å². The van der Waals surface area contributed by atoms with Crippen molar-refractivity contribution in [1.82, 2.24) is 16.0 Å². The summed E-state index contributed by atoms with van der Waals surface area (Å²) in [5.41, 5.74) is 1.56. The first-order valence-electron chi connectivity index (χ1n) is 8.06. The molecule has 4 N–H and O–H groups in total. The first-order valence-corrected chi connectivity index (χ1v) is 8.06. The number of likely N-dealkylation sites (N-methyl/N-ethyl adjacent to an activating group) is 1. The maximum atomic E-state index is 12.1. The Morgan fingerprint density at radius 1 is 1.50 bits per heavy atom. The van der Waals surface area contributed by atoms with Gasteiger partial charge in [-0.25, -0.2) is 0 Å². The molecule has 1 aromatic carbocycles. The summed E-state index contributed by atoms with van der Waals surface area (Å²) >= 11 is 0. The Labute approximate surface area is 132 Å². The molecule has 2 unspecified atom stereocenters. The van der Waals surface area contributed by atoms with Crippen molar-refractivity contribution in [2.75, 3.05) is 13.6 Å². The van der Waals surface area contributed by atoms with Crippen molar-refractivity contribution in [2.24, 2.45) is 0 Å². The van der Waals surface area contributed by atoms with E-state index in [2.05, 4.69) is 28.9 Å². The molecule has 22 heavy (non-hydrogen) atoms. The van der Waals surface area contributed by atoms with Crippen molar-refractivity contribution < 1.29 is 9.90 Å². The number of carbonyl (C=O) groups excluding carboxylic acids is 1. The van der Waals surface area contributed by atoms with Crippen LogP contribution in [0.25, 0.3) is 0 Å². The Bertz CT molecular complexity index is 527. The Hall–Kier alpha value is -1.59. The highest BCUT2D eigenvalue weighted by Gasteiger charge is 2.48. The third-order valence-electron chi connectivity index (χ3n) is 4.21. The molecule has 1 aliphatic heterocycles. The summed E-state index contributed by atoms with van der Waals surface area (Å²) in [4.78, 5) is 12.1. The highest BCUT2D eigenvalue weighted by atomic mass is 16.3. The lowest BCUT2D eigenvalue weighted by Crippen LogP contribution is -2.51. The van der Waals surface area contributed by atoms with Crippen molar-refractivity contribution in [3.63, 3.8) is 0 Å². The van der Waals surface area contributed by atoms with Crippen LogP contribution in [0.3, 0.4) is 0 Å². The molecule has 1 amide bonds. The average Bonchev–Trinajstić information content (AvgIpc) is 3.29. The summed E-state index contributed by atoms with van der Waals surface area (Å²) in [6.07, 6.45) is 3.82. The SMILES string of the molecule is CCCCc1cc(CC(C)NC(=O)C2(NC)CN2)ccc1O. The lowest BCUT2D eigenvalue weighted by molar-refractivity contribution is -0.124. The molecule has 1 fully saturated rings. The number of hydrogen-bond donors (Lipinski definition) is 4. The van der Waals surface area contributed by atoms with Crippen LogP contribution >= 0.6 is 0 Å². The molecule has 5 heteroatoms. The fourth-order valence-corrected chi connectivity index (χ4v) is 2.62. The number of aromatic hydroxyl groups is 1. The minimum atomic E-state index is -0.574. The molecule has 0 saturated carbocycles. The lowest BCUT2D eigenvalue weighted by Gasteiger charge is -2.19. The number of nitrogens with one attached hydrogen (secondary N) is 3. The summed E-state index contributed by atoms with van der Waals surface area (Å²) in [7, 11) is 1.78. The minimum Gasteiger partial charge on any atom is -0.508 e. The molecule has 0 spiro atoms. The monoisotopic (exact) mass is 305 g/mol. The van der Waals surface area contributed by atoms with Crippen LogP contribution in [0.4, 0.5) is 0 Å². The smallest absolute Gasteiger partial charge is 0.256 e. The predicted octanol–water partition coefficient (Wildman–Crippen LogP) is 1.30. The van der Waals surface area contributed by atoms with E-state index < -0.39 is 5.66 Å². The predicted molar refractivity (Wildman–Crippen MR) is 87.8 cm³/mol. The maximum Gasteiger partial charge on any atom is 0.256 e. The van der Waals surface area contributed by atoms with Crippen LogP contribution in [0.2, 0.25) is 0 Å². The number of aryl methyl sites for hydroxylation is 1. The van der Waals surface area contributed by atoms with Gasteiger partial charge in [0.05, 0.1) is 0 Å². The van der Waals surface area contributed by atoms with Gasteiger partial charge in [-0.3, -0.25) is 15.4 Å². The second-order valence-corrected chi connectivity index (χ2v) is 6.15. The van der Waals surface area contributed by atoms with E-state index in [1.165, 1.54) is 0 Å². The van der Waals surface area contributed by atoms with Gasteiger partial charge in [-0.2, -0.15) is 0 Å². The Morgan fingerprint density at radius 2 is 2.23 bits per heavy atom. The van der Waals surface area contributed by atoms with Crippen molar-refractivity contribution >= 4 is 5.91 Å². The highest BCUT2D eigenvalue weighted by Crippen LogP contribution is 2.21. The zero-order valence-electron chi connectivity index (χ0n) is 13.7. The molecule has 1 aliphatic rings. The normalized spacial score (nSPS) is 21.4. The number of hydrogen-bond acceptors (Lipinski definition) is 4. The van der Waals surface area contributed by atoms with Gasteiger partial charge in [0.1, 0.15) is 5.75 Å². The van der Waals surface area contributed by atoms with Gasteiger partial charge in [-0.15, -0.1) is 0 Å². The van der Waals surface area contributed by atoms with Crippen molar-refractivity contribution in [3.05, 3.63) is 29.3 Å². The summed E-state index contributed by atoms with van der Waals surface area (Å²) in [6, 6.07) is 5.78. The Morgan fingerprint density at radius 3 is 2.82 bits per heavy atom. The molecule has 1 heterocycles. The minimum absolute atomic E-state index is 0.00696. The molecule has 122 valence electrons. The molecule has 0 aromatic heterocycles. The molecule has 2 atom stereocenters. The van der Waals surface area contributed by atoms with E-state index in [1.807, 2.05) is 13.0 Å². The number of rotatable bonds is 8. The van der Waals surface area contributed by atoms with E-state index in [9.17, 15) is 9.90 Å². The standard InChI is InChI=1S/C17H27N3O2/c1-4-5-6-14-10-13(7-8-15(14)21)9-12(2)20-16(22)17(18-3)11-19-17/h7-8,10,12,18-19,21H,4-6,9,11H2,1-3H3,(H,20,22). The van der Waals surface area contributed by atoms with Gasteiger partial charge in [-0.05, 0) is 50.4 Å². The van der Waals surface area contributed by atoms with Crippen LogP contribution < -0.4 is 16.0 Å². The van der Waals surface area contributed by atoms with E-state index >= 15 is 0 Å². The molecular formula is C17H27N3O2. The molecule has 0 bridgehead atoms. The zero-order chi connectivity index (χ0) is 16.2. The number of benzene rings is 1. The largest absolute Gasteiger partial charge is 0.508 e. The van der Waals surface area contributed by atoms with Crippen molar-refractivity contribution in [3.8, 4) is 5.75 Å². The van der Waals surface area contributed by atoms with E-state index in [1.54, 1.807) is 13.1 Å². The molecular weight excluding hydrogens is 278 g/mol. The van der Waals surface area contributed by atoms with Gasteiger partial charge < -0.3 is 10.4 Å². The van der Waals surface area contributed by atoms with Crippen molar-refractivity contribution in [1.29, 1.82) is 0 Å². The molecule has 2 rings (SSSR count). The van der Waals surface area contributed by atoms with Crippen LogP contribution in [-0.4, -0.2) is 36.3 Å². The van der Waals surface area contributed by atoms with Crippen LogP contribution in [0, 0.1) is 0 Å². The van der Waals surface area contributed by atoms with Crippen LogP contribution in [0.15, 0.2) is 18.2 Å². The number of phenols is 1. The summed E-state index contributed by atoms with van der Waals surface area (Å²) < 4.78 is 0. The number of unbranched alkanes of at least 4 members (excludes halogenated alkanes) is 1. The third kappa shape index (κ3) is 3.99. The highest BCUT2D eigenvalue weighted by molar-refractivity contribution is 5.89. The fourth-order valence-electron chi connectivity index (χ4n) is 2.62. The summed E-state index contributed by atoms with van der Waals surface area (Å²) in [6.45, 7) is 4.81. The molecule has 5 nitrogen and oxygen atoms in total. The molecule has 1 aromatic rings. The molecule has 1 saturated heterocycles. The van der Waals surface area contributed by atoms with Gasteiger partial charge in [0.25, 0.3) is 5.91 Å². The maximum absolute atomic E-state index is 12.1. The van der Waals surface area contributed by atoms with Gasteiger partial charge >= 0.3 is 0 Å². The van der Waals surface area contributed by atoms with E-state index in [0.29, 0.717) is 12.3 Å². The van der Waals surface area contributed by atoms with Gasteiger partial charge in [0.2, 0.25) is 0 Å². The van der Waals surface area contributed by atoms with Gasteiger partial charge in [-0.1, -0.05) is 25.5 Å². The quantitative estimate of drug-likeness (QED) is 0.546. The number of carbonyl (C=O) groups is 1. The Kier molecular flexibility index (Phi) is 5.42. The van der Waals surface area contributed by atoms with Crippen LogP contribution in [-0.2, 0) is 17.6 Å².